The number of hydrogen-bond donors (Lipinski definition) is 1. The highest BCUT2D eigenvalue weighted by Gasteiger charge is 2.21. The molecule has 4 aromatic rings. The molecule has 4 rings (SSSR count). The van der Waals surface area contributed by atoms with Crippen LogP contribution in [0.2, 0.25) is 0 Å². The average Bonchev–Trinajstić information content (AvgIpc) is 2.78. The van der Waals surface area contributed by atoms with Gasteiger partial charge in [0.1, 0.15) is 0 Å². The van der Waals surface area contributed by atoms with Gasteiger partial charge in [0.25, 0.3) is 5.91 Å². The van der Waals surface area contributed by atoms with Crippen LogP contribution in [0.1, 0.15) is 41.4 Å². The number of hydrogen-bond acceptors (Lipinski definition) is 2. The zero-order valence-electron chi connectivity index (χ0n) is 16.7. The summed E-state index contributed by atoms with van der Waals surface area (Å²) in [6.45, 7) is 4.09. The van der Waals surface area contributed by atoms with Crippen molar-refractivity contribution in [2.24, 2.45) is 0 Å². The van der Waals surface area contributed by atoms with Crippen molar-refractivity contribution in [2.45, 2.75) is 26.3 Å². The van der Waals surface area contributed by atoms with Crippen molar-refractivity contribution >= 4 is 16.8 Å². The molecule has 144 valence electrons. The summed E-state index contributed by atoms with van der Waals surface area (Å²) >= 11 is 0. The fraction of sp³-hybridized carbons (Fsp3) is 0.154. The van der Waals surface area contributed by atoms with Crippen LogP contribution in [0.3, 0.4) is 0 Å². The van der Waals surface area contributed by atoms with E-state index in [1.165, 1.54) is 0 Å². The number of fused-ring (bicyclic) bond motifs is 1. The normalized spacial score (nSPS) is 11.9. The summed E-state index contributed by atoms with van der Waals surface area (Å²) in [5.74, 6) is -0.0611. The number of aromatic nitrogens is 1. The molecule has 0 saturated heterocycles. The van der Waals surface area contributed by atoms with Gasteiger partial charge in [-0.1, -0.05) is 85.8 Å². The standard InChI is InChI=1S/C26H24N2O/c1-3-21-24(26(29)27-18(2)19-12-6-4-7-13-19)22-16-10-11-17-23(22)28-25(21)20-14-8-5-9-15-20/h4-18H,3H2,1-2H3,(H,27,29)/t18-/m1/s1. The Bertz CT molecular complexity index is 1140. The van der Waals surface area contributed by atoms with Gasteiger partial charge in [-0.3, -0.25) is 4.79 Å². The topological polar surface area (TPSA) is 42.0 Å². The van der Waals surface area contributed by atoms with E-state index in [9.17, 15) is 4.79 Å². The van der Waals surface area contributed by atoms with Crippen LogP contribution >= 0.6 is 0 Å². The third kappa shape index (κ3) is 3.77. The molecular formula is C26H24N2O. The van der Waals surface area contributed by atoms with E-state index in [-0.39, 0.29) is 11.9 Å². The van der Waals surface area contributed by atoms with Crippen molar-refractivity contribution in [1.82, 2.24) is 10.3 Å². The Balaban J connectivity index is 1.85. The molecule has 1 N–H and O–H groups in total. The minimum atomic E-state index is -0.0829. The number of pyridine rings is 1. The quantitative estimate of drug-likeness (QED) is 0.464. The predicted molar refractivity (Wildman–Crippen MR) is 119 cm³/mol. The molecular weight excluding hydrogens is 356 g/mol. The first-order valence-corrected chi connectivity index (χ1v) is 10.0. The molecule has 0 fully saturated rings. The molecule has 3 aromatic carbocycles. The summed E-state index contributed by atoms with van der Waals surface area (Å²) in [5.41, 5.74) is 5.53. The Labute approximate surface area is 171 Å². The van der Waals surface area contributed by atoms with Crippen molar-refractivity contribution in [1.29, 1.82) is 0 Å². The highest BCUT2D eigenvalue weighted by atomic mass is 16.1. The highest BCUT2D eigenvalue weighted by molar-refractivity contribution is 6.09. The third-order valence-electron chi connectivity index (χ3n) is 5.27. The van der Waals surface area contributed by atoms with Crippen LogP contribution < -0.4 is 5.32 Å². The van der Waals surface area contributed by atoms with E-state index in [4.69, 9.17) is 4.98 Å². The molecule has 0 aliphatic carbocycles. The largest absolute Gasteiger partial charge is 0.345 e. The molecule has 3 nitrogen and oxygen atoms in total. The second-order valence-corrected chi connectivity index (χ2v) is 7.16. The number of nitrogens with zero attached hydrogens (tertiary/aromatic N) is 1. The molecule has 1 heterocycles. The summed E-state index contributed by atoms with van der Waals surface area (Å²) in [5, 5.41) is 4.08. The van der Waals surface area contributed by atoms with Crippen LogP contribution in [0, 0.1) is 0 Å². The fourth-order valence-corrected chi connectivity index (χ4v) is 3.78. The molecule has 0 radical (unpaired) electrons. The zero-order valence-corrected chi connectivity index (χ0v) is 16.7. The maximum absolute atomic E-state index is 13.5. The Morgan fingerprint density at radius 1 is 0.897 bits per heavy atom. The van der Waals surface area contributed by atoms with Gasteiger partial charge in [-0.25, -0.2) is 4.98 Å². The lowest BCUT2D eigenvalue weighted by molar-refractivity contribution is 0.0940. The van der Waals surface area contributed by atoms with Gasteiger partial charge in [-0.2, -0.15) is 0 Å². The maximum Gasteiger partial charge on any atom is 0.252 e. The first-order valence-electron chi connectivity index (χ1n) is 10.0. The lowest BCUT2D eigenvalue weighted by Crippen LogP contribution is -2.28. The number of carbonyl (C=O) groups excluding carboxylic acids is 1. The summed E-state index contributed by atoms with van der Waals surface area (Å²) in [7, 11) is 0. The van der Waals surface area contributed by atoms with E-state index in [1.807, 2.05) is 91.9 Å². The molecule has 1 amide bonds. The Morgan fingerprint density at radius 2 is 1.52 bits per heavy atom. The van der Waals surface area contributed by atoms with Crippen molar-refractivity contribution in [2.75, 3.05) is 0 Å². The van der Waals surface area contributed by atoms with Crippen LogP contribution in [-0.4, -0.2) is 10.9 Å². The molecule has 1 atom stereocenters. The maximum atomic E-state index is 13.5. The molecule has 3 heteroatoms. The molecule has 29 heavy (non-hydrogen) atoms. The minimum Gasteiger partial charge on any atom is -0.345 e. The van der Waals surface area contributed by atoms with Crippen LogP contribution in [0.5, 0.6) is 0 Å². The SMILES string of the molecule is CCc1c(-c2ccccc2)nc2ccccc2c1C(=O)N[C@H](C)c1ccccc1. The molecule has 0 unspecified atom stereocenters. The van der Waals surface area contributed by atoms with Crippen molar-refractivity contribution < 1.29 is 4.79 Å². The van der Waals surface area contributed by atoms with Gasteiger partial charge in [-0.15, -0.1) is 0 Å². The summed E-state index contributed by atoms with van der Waals surface area (Å²) in [4.78, 5) is 18.4. The van der Waals surface area contributed by atoms with Gasteiger partial charge in [-0.05, 0) is 30.5 Å². The smallest absolute Gasteiger partial charge is 0.252 e. The Kier molecular flexibility index (Phi) is 5.39. The van der Waals surface area contributed by atoms with E-state index in [0.29, 0.717) is 0 Å². The molecule has 0 saturated carbocycles. The minimum absolute atomic E-state index is 0.0611. The fourth-order valence-electron chi connectivity index (χ4n) is 3.78. The molecule has 1 aromatic heterocycles. The molecule has 0 spiro atoms. The number of nitrogens with one attached hydrogen (secondary N) is 1. The van der Waals surface area contributed by atoms with E-state index >= 15 is 0 Å². The van der Waals surface area contributed by atoms with Gasteiger partial charge in [0, 0.05) is 10.9 Å². The van der Waals surface area contributed by atoms with Gasteiger partial charge in [0.05, 0.1) is 22.8 Å². The van der Waals surface area contributed by atoms with Crippen LogP contribution in [0.25, 0.3) is 22.2 Å². The number of amides is 1. The lowest BCUT2D eigenvalue weighted by atomic mass is 9.94. The number of carbonyl (C=O) groups is 1. The van der Waals surface area contributed by atoms with Gasteiger partial charge < -0.3 is 5.32 Å². The van der Waals surface area contributed by atoms with E-state index < -0.39 is 0 Å². The summed E-state index contributed by atoms with van der Waals surface area (Å²) < 4.78 is 0. The highest BCUT2D eigenvalue weighted by Crippen LogP contribution is 2.31. The molecule has 0 bridgehead atoms. The van der Waals surface area contributed by atoms with Crippen LogP contribution in [-0.2, 0) is 6.42 Å². The zero-order chi connectivity index (χ0) is 20.2. The first-order chi connectivity index (χ1) is 14.2. The summed E-state index contributed by atoms with van der Waals surface area (Å²) in [6, 6.07) is 27.9. The van der Waals surface area contributed by atoms with E-state index in [2.05, 4.69) is 12.2 Å². The number of para-hydroxylation sites is 1. The van der Waals surface area contributed by atoms with Gasteiger partial charge in [0.2, 0.25) is 0 Å². The van der Waals surface area contributed by atoms with Crippen molar-refractivity contribution in [3.8, 4) is 11.3 Å². The Hall–Kier alpha value is -3.46. The first kappa shape index (κ1) is 18.9. The van der Waals surface area contributed by atoms with Crippen LogP contribution in [0.4, 0.5) is 0 Å². The molecule has 0 aliphatic rings. The van der Waals surface area contributed by atoms with E-state index in [0.717, 1.165) is 45.3 Å². The van der Waals surface area contributed by atoms with Crippen LogP contribution in [0.15, 0.2) is 84.9 Å². The van der Waals surface area contributed by atoms with E-state index in [1.54, 1.807) is 0 Å². The monoisotopic (exact) mass is 380 g/mol. The van der Waals surface area contributed by atoms with Gasteiger partial charge in [0.15, 0.2) is 0 Å². The summed E-state index contributed by atoms with van der Waals surface area (Å²) in [6.07, 6.45) is 0.727. The van der Waals surface area contributed by atoms with Crippen molar-refractivity contribution in [3.05, 3.63) is 102 Å². The molecule has 0 aliphatic heterocycles. The second kappa shape index (κ2) is 8.27. The Morgan fingerprint density at radius 3 is 2.21 bits per heavy atom. The van der Waals surface area contributed by atoms with Gasteiger partial charge >= 0.3 is 0 Å². The average molecular weight is 380 g/mol. The van der Waals surface area contributed by atoms with Crippen molar-refractivity contribution in [3.63, 3.8) is 0 Å². The number of rotatable bonds is 5. The predicted octanol–water partition coefficient (Wildman–Crippen LogP) is 5.96. The second-order valence-electron chi connectivity index (χ2n) is 7.16. The number of benzene rings is 3. The lowest BCUT2D eigenvalue weighted by Gasteiger charge is -2.19. The third-order valence-corrected chi connectivity index (χ3v) is 5.27.